The van der Waals surface area contributed by atoms with Gasteiger partial charge in [-0.2, -0.15) is 0 Å². The van der Waals surface area contributed by atoms with Crippen LogP contribution in [-0.4, -0.2) is 25.3 Å². The van der Waals surface area contributed by atoms with Gasteiger partial charge in [-0.1, -0.05) is 19.4 Å². The zero-order chi connectivity index (χ0) is 10.6. The van der Waals surface area contributed by atoms with Crippen molar-refractivity contribution in [3.05, 3.63) is 12.2 Å². The van der Waals surface area contributed by atoms with Crippen LogP contribution >= 0.6 is 0 Å². The molecule has 2 aliphatic rings. The fourth-order valence-electron chi connectivity index (χ4n) is 1.55. The Morgan fingerprint density at radius 2 is 1.86 bits per heavy atom. The van der Waals surface area contributed by atoms with E-state index >= 15 is 0 Å². The maximum Gasteiger partial charge on any atom is 0.332 e. The largest absolute Gasteiger partial charge is 0.466 e. The van der Waals surface area contributed by atoms with Crippen molar-refractivity contribution in [2.24, 2.45) is 0 Å². The van der Waals surface area contributed by atoms with Crippen LogP contribution in [0, 0.1) is 0 Å². The van der Waals surface area contributed by atoms with E-state index in [0.717, 1.165) is 0 Å². The van der Waals surface area contributed by atoms with Crippen LogP contribution < -0.4 is 0 Å². The van der Waals surface area contributed by atoms with Crippen molar-refractivity contribution in [3.8, 4) is 0 Å². The summed E-state index contributed by atoms with van der Waals surface area (Å²) in [5, 5.41) is 0. The molecular formula is C11H18O3. The van der Waals surface area contributed by atoms with Gasteiger partial charge < -0.3 is 9.47 Å². The van der Waals surface area contributed by atoms with E-state index in [9.17, 15) is 4.79 Å². The molecule has 0 spiro atoms. The molecule has 2 unspecified atom stereocenters. The van der Waals surface area contributed by atoms with Gasteiger partial charge in [0.15, 0.2) is 0 Å². The highest BCUT2D eigenvalue weighted by atomic mass is 16.6. The minimum absolute atomic E-state index is 0.347. The molecule has 80 valence electrons. The summed E-state index contributed by atoms with van der Waals surface area (Å²) in [6, 6.07) is 0. The van der Waals surface area contributed by atoms with Crippen LogP contribution in [0.4, 0.5) is 0 Å². The highest BCUT2D eigenvalue weighted by Crippen LogP contribution is 2.35. The Morgan fingerprint density at radius 1 is 1.36 bits per heavy atom. The van der Waals surface area contributed by atoms with E-state index in [-0.39, 0.29) is 5.97 Å². The summed E-state index contributed by atoms with van der Waals surface area (Å²) in [7, 11) is 1.33. The number of methoxy groups -OCH3 is 1. The van der Waals surface area contributed by atoms with Crippen LogP contribution in [-0.2, 0) is 14.3 Å². The lowest BCUT2D eigenvalue weighted by Gasteiger charge is -2.00. The van der Waals surface area contributed by atoms with E-state index in [2.05, 4.69) is 11.3 Å². The van der Waals surface area contributed by atoms with Crippen molar-refractivity contribution in [2.75, 3.05) is 7.11 Å². The molecule has 1 saturated carbocycles. The summed E-state index contributed by atoms with van der Waals surface area (Å²) in [6.45, 7) is 4.95. The SMILES string of the molecule is C1CCC2OC2C1.C=C(C)C(=O)OC. The van der Waals surface area contributed by atoms with Crippen LogP contribution in [0.15, 0.2) is 12.2 Å². The molecule has 0 N–H and O–H groups in total. The number of esters is 1. The summed E-state index contributed by atoms with van der Waals surface area (Å²) < 4.78 is 9.55. The predicted octanol–water partition coefficient (Wildman–Crippen LogP) is 2.06. The van der Waals surface area contributed by atoms with Crippen LogP contribution in [0.2, 0.25) is 0 Å². The normalized spacial score (nSPS) is 27.9. The number of fused-ring (bicyclic) bond motifs is 1. The molecule has 1 saturated heterocycles. The minimum atomic E-state index is -0.347. The van der Waals surface area contributed by atoms with Crippen molar-refractivity contribution >= 4 is 5.97 Å². The summed E-state index contributed by atoms with van der Waals surface area (Å²) in [5.74, 6) is -0.347. The molecule has 0 aromatic rings. The first-order valence-electron chi connectivity index (χ1n) is 5.04. The molecule has 14 heavy (non-hydrogen) atoms. The van der Waals surface area contributed by atoms with Gasteiger partial charge in [-0.15, -0.1) is 0 Å². The first kappa shape index (κ1) is 11.2. The molecule has 0 aromatic carbocycles. The Balaban J connectivity index is 0.000000140. The van der Waals surface area contributed by atoms with Gasteiger partial charge in [0.25, 0.3) is 0 Å². The van der Waals surface area contributed by atoms with Crippen molar-refractivity contribution in [2.45, 2.75) is 44.8 Å². The number of carbonyl (C=O) groups is 1. The summed E-state index contributed by atoms with van der Waals surface area (Å²) in [6.07, 6.45) is 6.89. The molecule has 1 heterocycles. The number of ether oxygens (including phenoxy) is 2. The number of carbonyl (C=O) groups excluding carboxylic acids is 1. The van der Waals surface area contributed by atoms with Gasteiger partial charge in [-0.25, -0.2) is 4.79 Å². The predicted molar refractivity (Wildman–Crippen MR) is 54.0 cm³/mol. The van der Waals surface area contributed by atoms with Crippen LogP contribution in [0.3, 0.4) is 0 Å². The smallest absolute Gasteiger partial charge is 0.332 e. The average molecular weight is 198 g/mol. The maximum atomic E-state index is 10.2. The summed E-state index contributed by atoms with van der Waals surface area (Å²) >= 11 is 0. The van der Waals surface area contributed by atoms with Gasteiger partial charge in [-0.3, -0.25) is 0 Å². The van der Waals surface area contributed by atoms with Gasteiger partial charge in [0.2, 0.25) is 0 Å². The fraction of sp³-hybridized carbons (Fsp3) is 0.727. The quantitative estimate of drug-likeness (QED) is 0.368. The minimum Gasteiger partial charge on any atom is -0.466 e. The van der Waals surface area contributed by atoms with Crippen LogP contribution in [0.1, 0.15) is 32.6 Å². The van der Waals surface area contributed by atoms with Gasteiger partial charge in [0.05, 0.1) is 19.3 Å². The third-order valence-electron chi connectivity index (χ3n) is 2.45. The first-order chi connectivity index (χ1) is 6.65. The molecule has 1 aliphatic carbocycles. The zero-order valence-corrected chi connectivity index (χ0v) is 8.91. The molecule has 2 fully saturated rings. The molecule has 1 aliphatic heterocycles. The van der Waals surface area contributed by atoms with E-state index in [1.54, 1.807) is 6.92 Å². The van der Waals surface area contributed by atoms with Crippen molar-refractivity contribution < 1.29 is 14.3 Å². The first-order valence-corrected chi connectivity index (χ1v) is 5.04. The van der Waals surface area contributed by atoms with Crippen molar-refractivity contribution in [3.63, 3.8) is 0 Å². The lowest BCUT2D eigenvalue weighted by atomic mass is 10.0. The van der Waals surface area contributed by atoms with Gasteiger partial charge >= 0.3 is 5.97 Å². The summed E-state index contributed by atoms with van der Waals surface area (Å²) in [5.41, 5.74) is 0.433. The van der Waals surface area contributed by atoms with Crippen molar-refractivity contribution in [1.29, 1.82) is 0 Å². The number of epoxide rings is 1. The number of hydrogen-bond acceptors (Lipinski definition) is 3. The van der Waals surface area contributed by atoms with Crippen molar-refractivity contribution in [1.82, 2.24) is 0 Å². The molecule has 0 bridgehead atoms. The topological polar surface area (TPSA) is 38.8 Å². The summed E-state index contributed by atoms with van der Waals surface area (Å²) in [4.78, 5) is 10.2. The van der Waals surface area contributed by atoms with Gasteiger partial charge in [0, 0.05) is 5.57 Å². The maximum absolute atomic E-state index is 10.2. The lowest BCUT2D eigenvalue weighted by Crippen LogP contribution is -2.00. The van der Waals surface area contributed by atoms with E-state index in [0.29, 0.717) is 17.8 Å². The Bertz CT molecular complexity index is 213. The third kappa shape index (κ3) is 3.50. The standard InChI is InChI=1S/C6H10O.C5H8O2/c1-2-4-6-5(3-1)7-6;1-4(2)5(6)7-3/h5-6H,1-4H2;1H2,2-3H3. The molecule has 0 radical (unpaired) electrons. The second-order valence-corrected chi connectivity index (χ2v) is 3.77. The number of hydrogen-bond donors (Lipinski definition) is 0. The molecule has 2 atom stereocenters. The average Bonchev–Trinajstić information content (AvgIpc) is 2.96. The Morgan fingerprint density at radius 3 is 2.07 bits per heavy atom. The Kier molecular flexibility index (Phi) is 4.14. The van der Waals surface area contributed by atoms with Gasteiger partial charge in [0.1, 0.15) is 0 Å². The molecule has 2 rings (SSSR count). The monoisotopic (exact) mass is 198 g/mol. The Labute approximate surface area is 85.1 Å². The van der Waals surface area contributed by atoms with Crippen LogP contribution in [0.5, 0.6) is 0 Å². The number of rotatable bonds is 1. The molecule has 0 amide bonds. The molecule has 3 nitrogen and oxygen atoms in total. The van der Waals surface area contributed by atoms with E-state index in [1.807, 2.05) is 0 Å². The third-order valence-corrected chi connectivity index (χ3v) is 2.45. The van der Waals surface area contributed by atoms with E-state index in [4.69, 9.17) is 4.74 Å². The van der Waals surface area contributed by atoms with E-state index in [1.165, 1.54) is 32.8 Å². The molecule has 3 heteroatoms. The zero-order valence-electron chi connectivity index (χ0n) is 8.91. The van der Waals surface area contributed by atoms with Crippen LogP contribution in [0.25, 0.3) is 0 Å². The van der Waals surface area contributed by atoms with Gasteiger partial charge in [-0.05, 0) is 19.8 Å². The second-order valence-electron chi connectivity index (χ2n) is 3.77. The van der Waals surface area contributed by atoms with E-state index < -0.39 is 0 Å². The molecular weight excluding hydrogens is 180 g/mol. The highest BCUT2D eigenvalue weighted by molar-refractivity contribution is 5.86. The fourth-order valence-corrected chi connectivity index (χ4v) is 1.55. The lowest BCUT2D eigenvalue weighted by molar-refractivity contribution is -0.136. The second kappa shape index (κ2) is 5.15. The highest BCUT2D eigenvalue weighted by Gasteiger charge is 2.39. The molecule has 0 aromatic heterocycles. The Hall–Kier alpha value is -0.830.